The van der Waals surface area contributed by atoms with Crippen LogP contribution in [0.15, 0.2) is 88.6 Å². The van der Waals surface area contributed by atoms with Gasteiger partial charge in [0.25, 0.3) is 5.91 Å². The number of carbonyl (C=O) groups excluding carboxylic acids is 1. The van der Waals surface area contributed by atoms with Crippen LogP contribution in [0, 0.1) is 13.8 Å². The molecule has 1 aliphatic rings. The third-order valence-corrected chi connectivity index (χ3v) is 6.08. The smallest absolute Gasteiger partial charge is 0.295 e. The maximum Gasteiger partial charge on any atom is 0.295 e. The fourth-order valence-corrected chi connectivity index (χ4v) is 4.30. The molecule has 3 aromatic carbocycles. The number of nitrogens with zero attached hydrogens (tertiary/aromatic N) is 1. The lowest BCUT2D eigenvalue weighted by Crippen LogP contribution is -2.29. The predicted octanol–water partition coefficient (Wildman–Crippen LogP) is 5.72. The van der Waals surface area contributed by atoms with Crippen molar-refractivity contribution in [2.75, 3.05) is 11.5 Å². The van der Waals surface area contributed by atoms with Crippen LogP contribution < -0.4 is 15.1 Å². The molecule has 0 radical (unpaired) electrons. The normalized spacial score (nSPS) is 15.0. The molecule has 0 N–H and O–H groups in total. The standard InChI is InChI=1S/C28H23NO4/c1-4-14-32-21-12-10-19(11-13-21)25-24-26(30)22-15-17(2)18(3)16-23(22)33-27(24)28(31)29(25)20-8-6-5-7-9-20/h4-13,15-16,25H,1,14H2,2-3H3. The van der Waals surface area contributed by atoms with Crippen LogP contribution in [0.4, 0.5) is 5.69 Å². The molecule has 0 saturated heterocycles. The third-order valence-electron chi connectivity index (χ3n) is 6.08. The number of fused-ring (bicyclic) bond motifs is 2. The maximum atomic E-state index is 13.7. The van der Waals surface area contributed by atoms with Crippen LogP contribution in [0.3, 0.4) is 0 Å². The summed E-state index contributed by atoms with van der Waals surface area (Å²) in [7, 11) is 0. The minimum absolute atomic E-state index is 0.0941. The van der Waals surface area contributed by atoms with Gasteiger partial charge in [-0.1, -0.05) is 43.0 Å². The minimum atomic E-state index is -0.606. The van der Waals surface area contributed by atoms with Crippen molar-refractivity contribution in [1.82, 2.24) is 0 Å². The van der Waals surface area contributed by atoms with Crippen molar-refractivity contribution in [3.8, 4) is 5.75 Å². The number of hydrogen-bond acceptors (Lipinski definition) is 4. The third kappa shape index (κ3) is 3.42. The number of rotatable bonds is 5. The number of ether oxygens (including phenoxy) is 1. The fourth-order valence-electron chi connectivity index (χ4n) is 4.30. The Morgan fingerprint density at radius 2 is 1.70 bits per heavy atom. The van der Waals surface area contributed by atoms with E-state index in [1.54, 1.807) is 11.0 Å². The summed E-state index contributed by atoms with van der Waals surface area (Å²) in [5.41, 5.74) is 4.10. The van der Waals surface area contributed by atoms with Gasteiger partial charge in [-0.05, 0) is 66.9 Å². The fraction of sp³-hybridized carbons (Fsp3) is 0.143. The Labute approximate surface area is 191 Å². The van der Waals surface area contributed by atoms with Gasteiger partial charge in [-0.25, -0.2) is 0 Å². The lowest BCUT2D eigenvalue weighted by molar-refractivity contribution is 0.0971. The lowest BCUT2D eigenvalue weighted by atomic mass is 9.97. The molecule has 164 valence electrons. The largest absolute Gasteiger partial charge is 0.490 e. The molecule has 0 fully saturated rings. The van der Waals surface area contributed by atoms with Crippen LogP contribution >= 0.6 is 0 Å². The van der Waals surface area contributed by atoms with Gasteiger partial charge >= 0.3 is 0 Å². The molecule has 1 amide bonds. The molecule has 1 atom stereocenters. The zero-order valence-corrected chi connectivity index (χ0v) is 18.5. The minimum Gasteiger partial charge on any atom is -0.490 e. The molecule has 33 heavy (non-hydrogen) atoms. The Morgan fingerprint density at radius 1 is 1.00 bits per heavy atom. The summed E-state index contributed by atoms with van der Waals surface area (Å²) in [6, 6.07) is 19.8. The molecular formula is C28H23NO4. The average molecular weight is 437 g/mol. The molecule has 5 nitrogen and oxygen atoms in total. The number of amides is 1. The zero-order chi connectivity index (χ0) is 23.1. The van der Waals surface area contributed by atoms with E-state index >= 15 is 0 Å². The van der Waals surface area contributed by atoms with Gasteiger partial charge in [0.15, 0.2) is 5.43 Å². The summed E-state index contributed by atoms with van der Waals surface area (Å²) in [6.07, 6.45) is 1.68. The van der Waals surface area contributed by atoms with Crippen LogP contribution in [0.2, 0.25) is 0 Å². The molecule has 1 aliphatic heterocycles. The van der Waals surface area contributed by atoms with E-state index in [0.29, 0.717) is 34.6 Å². The van der Waals surface area contributed by atoms with Crippen molar-refractivity contribution in [2.24, 2.45) is 0 Å². The summed E-state index contributed by atoms with van der Waals surface area (Å²) in [6.45, 7) is 7.98. The van der Waals surface area contributed by atoms with Gasteiger partial charge in [0.05, 0.1) is 17.0 Å². The summed E-state index contributed by atoms with van der Waals surface area (Å²) >= 11 is 0. The molecule has 5 heteroatoms. The number of aryl methyl sites for hydroxylation is 2. The number of para-hydroxylation sites is 1. The van der Waals surface area contributed by atoms with Gasteiger partial charge in [0.1, 0.15) is 17.9 Å². The van der Waals surface area contributed by atoms with E-state index in [-0.39, 0.29) is 17.1 Å². The van der Waals surface area contributed by atoms with Crippen molar-refractivity contribution in [2.45, 2.75) is 19.9 Å². The second kappa shape index (κ2) is 8.10. The first-order valence-corrected chi connectivity index (χ1v) is 10.8. The quantitative estimate of drug-likeness (QED) is 0.375. The SMILES string of the molecule is C=CCOc1ccc(C2c3c(oc4cc(C)c(C)cc4c3=O)C(=O)N2c2ccccc2)cc1. The maximum absolute atomic E-state index is 13.7. The van der Waals surface area contributed by atoms with E-state index < -0.39 is 6.04 Å². The zero-order valence-electron chi connectivity index (χ0n) is 18.5. The highest BCUT2D eigenvalue weighted by molar-refractivity contribution is 6.10. The van der Waals surface area contributed by atoms with Gasteiger partial charge in [0, 0.05) is 5.69 Å². The van der Waals surface area contributed by atoms with E-state index in [0.717, 1.165) is 16.7 Å². The van der Waals surface area contributed by atoms with Crippen molar-refractivity contribution in [3.05, 3.63) is 118 Å². The Balaban J connectivity index is 1.74. The van der Waals surface area contributed by atoms with Crippen LogP contribution in [-0.2, 0) is 0 Å². The highest BCUT2D eigenvalue weighted by Gasteiger charge is 2.43. The topological polar surface area (TPSA) is 59.8 Å². The highest BCUT2D eigenvalue weighted by Crippen LogP contribution is 2.41. The number of carbonyl (C=O) groups is 1. The Hall–Kier alpha value is -4.12. The average Bonchev–Trinajstić information content (AvgIpc) is 3.12. The summed E-state index contributed by atoms with van der Waals surface area (Å²) < 4.78 is 11.7. The Kier molecular flexibility index (Phi) is 5.09. The number of anilines is 1. The van der Waals surface area contributed by atoms with Gasteiger partial charge in [0.2, 0.25) is 5.76 Å². The van der Waals surface area contributed by atoms with E-state index in [1.165, 1.54) is 0 Å². The summed E-state index contributed by atoms with van der Waals surface area (Å²) in [4.78, 5) is 29.0. The van der Waals surface area contributed by atoms with Crippen molar-refractivity contribution >= 4 is 22.6 Å². The van der Waals surface area contributed by atoms with Gasteiger partial charge in [-0.15, -0.1) is 0 Å². The second-order valence-electron chi connectivity index (χ2n) is 8.19. The first-order valence-electron chi connectivity index (χ1n) is 10.8. The van der Waals surface area contributed by atoms with E-state index in [2.05, 4.69) is 6.58 Å². The van der Waals surface area contributed by atoms with E-state index in [9.17, 15) is 9.59 Å². The first kappa shape index (κ1) is 20.8. The number of benzene rings is 3. The Bertz CT molecular complexity index is 1440. The predicted molar refractivity (Wildman–Crippen MR) is 129 cm³/mol. The number of hydrogen-bond donors (Lipinski definition) is 0. The molecule has 0 bridgehead atoms. The summed E-state index contributed by atoms with van der Waals surface area (Å²) in [5.74, 6) is 0.452. The van der Waals surface area contributed by atoms with E-state index in [4.69, 9.17) is 9.15 Å². The van der Waals surface area contributed by atoms with Crippen LogP contribution in [-0.4, -0.2) is 12.5 Å². The summed E-state index contributed by atoms with van der Waals surface area (Å²) in [5, 5.41) is 0.482. The molecule has 1 aromatic heterocycles. The molecule has 1 unspecified atom stereocenters. The molecular weight excluding hydrogens is 414 g/mol. The molecule has 0 spiro atoms. The molecule has 2 heterocycles. The molecule has 0 saturated carbocycles. The van der Waals surface area contributed by atoms with Crippen LogP contribution in [0.5, 0.6) is 5.75 Å². The lowest BCUT2D eigenvalue weighted by Gasteiger charge is -2.25. The van der Waals surface area contributed by atoms with Gasteiger partial charge in [-0.2, -0.15) is 0 Å². The molecule has 5 rings (SSSR count). The van der Waals surface area contributed by atoms with Crippen LogP contribution in [0.25, 0.3) is 11.0 Å². The van der Waals surface area contributed by atoms with Crippen molar-refractivity contribution < 1.29 is 13.9 Å². The molecule has 0 aliphatic carbocycles. The van der Waals surface area contributed by atoms with Gasteiger partial charge in [-0.3, -0.25) is 14.5 Å². The monoisotopic (exact) mass is 437 g/mol. The first-order chi connectivity index (χ1) is 16.0. The van der Waals surface area contributed by atoms with E-state index in [1.807, 2.05) is 80.6 Å². The van der Waals surface area contributed by atoms with Crippen LogP contribution in [0.1, 0.15) is 38.9 Å². The van der Waals surface area contributed by atoms with Crippen molar-refractivity contribution in [1.29, 1.82) is 0 Å². The Morgan fingerprint density at radius 3 is 2.39 bits per heavy atom. The highest BCUT2D eigenvalue weighted by atomic mass is 16.5. The second-order valence-corrected chi connectivity index (χ2v) is 8.19. The van der Waals surface area contributed by atoms with Gasteiger partial charge < -0.3 is 9.15 Å². The molecule has 4 aromatic rings. The van der Waals surface area contributed by atoms with Crippen molar-refractivity contribution in [3.63, 3.8) is 0 Å².